The van der Waals surface area contributed by atoms with Gasteiger partial charge in [-0.05, 0) is 42.3 Å². The number of halogens is 2. The Morgan fingerprint density at radius 2 is 1.95 bits per heavy atom. The molecule has 0 saturated heterocycles. The van der Waals surface area contributed by atoms with Crippen molar-refractivity contribution in [1.29, 1.82) is 5.26 Å². The van der Waals surface area contributed by atoms with E-state index in [0.29, 0.717) is 28.0 Å². The van der Waals surface area contributed by atoms with E-state index >= 15 is 0 Å². The van der Waals surface area contributed by atoms with Gasteiger partial charge in [0.1, 0.15) is 12.4 Å². The summed E-state index contributed by atoms with van der Waals surface area (Å²) in [6, 6.07) is 12.7. The van der Waals surface area contributed by atoms with Crippen molar-refractivity contribution in [2.75, 3.05) is 0 Å². The maximum absolute atomic E-state index is 8.81. The van der Waals surface area contributed by atoms with Gasteiger partial charge in [-0.15, -0.1) is 0 Å². The zero-order chi connectivity index (χ0) is 13.8. The highest BCUT2D eigenvalue weighted by Gasteiger charge is 2.05. The first-order valence-electron chi connectivity index (χ1n) is 5.67. The summed E-state index contributed by atoms with van der Waals surface area (Å²) in [7, 11) is 0. The molecule has 0 aromatic heterocycles. The summed E-state index contributed by atoms with van der Waals surface area (Å²) in [4.78, 5) is 0. The largest absolute Gasteiger partial charge is 0.487 e. The van der Waals surface area contributed by atoms with Gasteiger partial charge >= 0.3 is 0 Å². The van der Waals surface area contributed by atoms with Gasteiger partial charge in [0.25, 0.3) is 0 Å². The van der Waals surface area contributed by atoms with Crippen LogP contribution in [0.4, 0.5) is 0 Å². The number of benzene rings is 2. The van der Waals surface area contributed by atoms with Crippen molar-refractivity contribution >= 4 is 23.2 Å². The quantitative estimate of drug-likeness (QED) is 0.817. The first kappa shape index (κ1) is 13.7. The van der Waals surface area contributed by atoms with Gasteiger partial charge in [0, 0.05) is 11.1 Å². The lowest BCUT2D eigenvalue weighted by molar-refractivity contribution is 0.305. The second-order valence-corrected chi connectivity index (χ2v) is 4.96. The normalized spacial score (nSPS) is 10.0. The van der Waals surface area contributed by atoms with Gasteiger partial charge < -0.3 is 4.74 Å². The summed E-state index contributed by atoms with van der Waals surface area (Å²) in [6.07, 6.45) is 0. The molecule has 2 rings (SSSR count). The van der Waals surface area contributed by atoms with Crippen LogP contribution in [-0.2, 0) is 6.61 Å². The molecule has 0 N–H and O–H groups in total. The Bertz CT molecular complexity index is 647. The van der Waals surface area contributed by atoms with Crippen LogP contribution in [0, 0.1) is 18.3 Å². The van der Waals surface area contributed by atoms with Gasteiger partial charge in [-0.2, -0.15) is 5.26 Å². The molecule has 96 valence electrons. The summed E-state index contributed by atoms with van der Waals surface area (Å²) in [5.41, 5.74) is 2.66. The lowest BCUT2D eigenvalue weighted by Gasteiger charge is -2.10. The Kier molecular flexibility index (Phi) is 4.31. The molecule has 0 bridgehead atoms. The highest BCUT2D eigenvalue weighted by Crippen LogP contribution is 2.28. The maximum atomic E-state index is 8.81. The topological polar surface area (TPSA) is 33.0 Å². The fraction of sp³-hybridized carbons (Fsp3) is 0.133. The summed E-state index contributed by atoms with van der Waals surface area (Å²) < 4.78 is 5.66. The monoisotopic (exact) mass is 291 g/mol. The summed E-state index contributed by atoms with van der Waals surface area (Å²) >= 11 is 11.9. The molecule has 4 heteroatoms. The molecule has 0 amide bonds. The smallest absolute Gasteiger partial charge is 0.139 e. The van der Waals surface area contributed by atoms with Crippen LogP contribution in [0.3, 0.4) is 0 Å². The predicted molar refractivity (Wildman–Crippen MR) is 76.7 cm³/mol. The van der Waals surface area contributed by atoms with Gasteiger partial charge in [0.05, 0.1) is 16.7 Å². The average Bonchev–Trinajstić information content (AvgIpc) is 2.40. The fourth-order valence-electron chi connectivity index (χ4n) is 1.67. The van der Waals surface area contributed by atoms with E-state index in [4.69, 9.17) is 33.2 Å². The van der Waals surface area contributed by atoms with Gasteiger partial charge in [-0.25, -0.2) is 0 Å². The zero-order valence-corrected chi connectivity index (χ0v) is 11.8. The molecule has 0 atom stereocenters. The second-order valence-electron chi connectivity index (χ2n) is 4.12. The van der Waals surface area contributed by atoms with Crippen LogP contribution in [-0.4, -0.2) is 0 Å². The highest BCUT2D eigenvalue weighted by atomic mass is 35.5. The number of hydrogen-bond acceptors (Lipinski definition) is 2. The SMILES string of the molecule is Cc1cc(C#N)ccc1COc1cc(Cl)ccc1Cl. The minimum Gasteiger partial charge on any atom is -0.487 e. The van der Waals surface area contributed by atoms with Crippen molar-refractivity contribution < 1.29 is 4.74 Å². The third-order valence-electron chi connectivity index (χ3n) is 2.75. The number of hydrogen-bond donors (Lipinski definition) is 0. The Labute approximate surface area is 122 Å². The van der Waals surface area contributed by atoms with Crippen LogP contribution in [0.1, 0.15) is 16.7 Å². The molecule has 2 nitrogen and oxygen atoms in total. The van der Waals surface area contributed by atoms with E-state index in [2.05, 4.69) is 6.07 Å². The van der Waals surface area contributed by atoms with Crippen LogP contribution < -0.4 is 4.74 Å². The fourth-order valence-corrected chi connectivity index (χ4v) is 2.00. The third kappa shape index (κ3) is 3.41. The Hall–Kier alpha value is -1.69. The van der Waals surface area contributed by atoms with E-state index < -0.39 is 0 Å². The van der Waals surface area contributed by atoms with Crippen molar-refractivity contribution in [2.24, 2.45) is 0 Å². The van der Waals surface area contributed by atoms with E-state index in [-0.39, 0.29) is 0 Å². The molecular formula is C15H11Cl2NO. The Morgan fingerprint density at radius 3 is 2.63 bits per heavy atom. The molecule has 0 saturated carbocycles. The van der Waals surface area contributed by atoms with Crippen molar-refractivity contribution in [1.82, 2.24) is 0 Å². The third-order valence-corrected chi connectivity index (χ3v) is 3.30. The molecule has 0 unspecified atom stereocenters. The molecule has 2 aromatic rings. The Balaban J connectivity index is 2.15. The average molecular weight is 292 g/mol. The van der Waals surface area contributed by atoms with E-state index in [1.165, 1.54) is 0 Å². The molecule has 0 aliphatic carbocycles. The van der Waals surface area contributed by atoms with Crippen molar-refractivity contribution in [2.45, 2.75) is 13.5 Å². The molecular weight excluding hydrogens is 281 g/mol. The maximum Gasteiger partial charge on any atom is 0.139 e. The lowest BCUT2D eigenvalue weighted by Crippen LogP contribution is -1.98. The highest BCUT2D eigenvalue weighted by molar-refractivity contribution is 6.34. The van der Waals surface area contributed by atoms with Crippen molar-refractivity contribution in [3.8, 4) is 11.8 Å². The molecule has 0 fully saturated rings. The first-order valence-corrected chi connectivity index (χ1v) is 6.43. The van der Waals surface area contributed by atoms with Gasteiger partial charge in [0.15, 0.2) is 0 Å². The Morgan fingerprint density at radius 1 is 1.16 bits per heavy atom. The zero-order valence-electron chi connectivity index (χ0n) is 10.3. The van der Waals surface area contributed by atoms with Crippen LogP contribution in [0.5, 0.6) is 5.75 Å². The molecule has 0 radical (unpaired) electrons. The second kappa shape index (κ2) is 5.97. The van der Waals surface area contributed by atoms with E-state index in [1.54, 1.807) is 24.3 Å². The number of nitriles is 1. The van der Waals surface area contributed by atoms with E-state index in [0.717, 1.165) is 11.1 Å². The van der Waals surface area contributed by atoms with E-state index in [1.807, 2.05) is 19.1 Å². The van der Waals surface area contributed by atoms with Crippen molar-refractivity contribution in [3.63, 3.8) is 0 Å². The molecule has 0 spiro atoms. The van der Waals surface area contributed by atoms with E-state index in [9.17, 15) is 0 Å². The minimum atomic E-state index is 0.387. The minimum absolute atomic E-state index is 0.387. The number of rotatable bonds is 3. The van der Waals surface area contributed by atoms with Crippen LogP contribution in [0.2, 0.25) is 10.0 Å². The van der Waals surface area contributed by atoms with Crippen LogP contribution >= 0.6 is 23.2 Å². The lowest BCUT2D eigenvalue weighted by atomic mass is 10.1. The molecule has 0 heterocycles. The summed E-state index contributed by atoms with van der Waals surface area (Å²) in [6.45, 7) is 2.33. The number of nitrogens with zero attached hydrogens (tertiary/aromatic N) is 1. The summed E-state index contributed by atoms with van der Waals surface area (Å²) in [5, 5.41) is 9.92. The summed E-state index contributed by atoms with van der Waals surface area (Å²) in [5.74, 6) is 0.554. The van der Waals surface area contributed by atoms with Crippen molar-refractivity contribution in [3.05, 3.63) is 63.1 Å². The molecule has 0 aliphatic rings. The first-order chi connectivity index (χ1) is 9.10. The van der Waals surface area contributed by atoms with Gasteiger partial charge in [-0.3, -0.25) is 0 Å². The van der Waals surface area contributed by atoms with Crippen LogP contribution in [0.25, 0.3) is 0 Å². The van der Waals surface area contributed by atoms with Gasteiger partial charge in [-0.1, -0.05) is 29.3 Å². The molecule has 0 aliphatic heterocycles. The predicted octanol–water partition coefficient (Wildman–Crippen LogP) is 4.75. The van der Waals surface area contributed by atoms with Crippen LogP contribution in [0.15, 0.2) is 36.4 Å². The number of ether oxygens (including phenoxy) is 1. The van der Waals surface area contributed by atoms with Gasteiger partial charge in [0.2, 0.25) is 0 Å². The number of aryl methyl sites for hydroxylation is 1. The molecule has 2 aromatic carbocycles. The molecule has 19 heavy (non-hydrogen) atoms. The standard InChI is InChI=1S/C15H11Cl2NO/c1-10-6-11(8-18)2-3-12(10)9-19-15-7-13(16)4-5-14(15)17/h2-7H,9H2,1H3.